The molecule has 0 aliphatic carbocycles. The number of imidazole rings is 1. The van der Waals surface area contributed by atoms with E-state index >= 15 is 0 Å². The van der Waals surface area contributed by atoms with Gasteiger partial charge in [-0.05, 0) is 55.5 Å². The van der Waals surface area contributed by atoms with Crippen LogP contribution >= 0.6 is 0 Å². The van der Waals surface area contributed by atoms with Gasteiger partial charge in [-0.15, -0.1) is 0 Å². The van der Waals surface area contributed by atoms with Gasteiger partial charge in [0.2, 0.25) is 5.91 Å². The molecule has 1 amide bonds. The summed E-state index contributed by atoms with van der Waals surface area (Å²) in [6, 6.07) is 10.7. The zero-order chi connectivity index (χ0) is 18.8. The average Bonchev–Trinajstić information content (AvgIpc) is 3.10. The number of fused-ring (bicyclic) bond motifs is 1. The van der Waals surface area contributed by atoms with Crippen LogP contribution in [0.4, 0.5) is 4.39 Å². The number of nitrogens with zero attached hydrogens (tertiary/aromatic N) is 3. The lowest BCUT2D eigenvalue weighted by molar-refractivity contribution is -0.132. The first-order valence-electron chi connectivity index (χ1n) is 9.59. The van der Waals surface area contributed by atoms with E-state index in [0.29, 0.717) is 5.56 Å². The Kier molecular flexibility index (Phi) is 4.92. The summed E-state index contributed by atoms with van der Waals surface area (Å²) >= 11 is 0. The van der Waals surface area contributed by atoms with E-state index in [1.54, 1.807) is 18.3 Å². The highest BCUT2D eigenvalue weighted by atomic mass is 19.1. The number of aryl methyl sites for hydroxylation is 1. The first-order chi connectivity index (χ1) is 13.1. The van der Waals surface area contributed by atoms with Gasteiger partial charge in [-0.2, -0.15) is 0 Å². The molecule has 140 valence electrons. The van der Waals surface area contributed by atoms with Gasteiger partial charge in [-0.25, -0.2) is 9.37 Å². The van der Waals surface area contributed by atoms with Gasteiger partial charge in [0, 0.05) is 37.8 Å². The molecule has 1 unspecified atom stereocenters. The Bertz CT molecular complexity index is 959. The molecule has 3 aromatic rings. The summed E-state index contributed by atoms with van der Waals surface area (Å²) in [6.07, 6.45) is 7.24. The molecule has 3 heterocycles. The number of halogens is 1. The van der Waals surface area contributed by atoms with Gasteiger partial charge in [-0.3, -0.25) is 4.79 Å². The average molecular weight is 365 g/mol. The van der Waals surface area contributed by atoms with Crippen LogP contribution in [0.1, 0.15) is 48.4 Å². The largest absolute Gasteiger partial charge is 0.343 e. The van der Waals surface area contributed by atoms with Crippen LogP contribution in [0.5, 0.6) is 0 Å². The molecule has 1 atom stereocenters. The molecular formula is C22H24FN3O. The lowest BCUT2D eigenvalue weighted by atomic mass is 9.91. The predicted molar refractivity (Wildman–Crippen MR) is 103 cm³/mol. The summed E-state index contributed by atoms with van der Waals surface area (Å²) < 4.78 is 16.6. The Morgan fingerprint density at radius 1 is 1.19 bits per heavy atom. The van der Waals surface area contributed by atoms with Crippen LogP contribution in [0, 0.1) is 12.7 Å². The fourth-order valence-corrected chi connectivity index (χ4v) is 3.94. The second-order valence-corrected chi connectivity index (χ2v) is 7.34. The predicted octanol–water partition coefficient (Wildman–Crippen LogP) is 4.32. The molecule has 0 bridgehead atoms. The Morgan fingerprint density at radius 3 is 2.74 bits per heavy atom. The summed E-state index contributed by atoms with van der Waals surface area (Å²) in [7, 11) is 0. The van der Waals surface area contributed by atoms with Crippen LogP contribution in [0.15, 0.2) is 48.8 Å². The van der Waals surface area contributed by atoms with Crippen LogP contribution in [0.2, 0.25) is 0 Å². The van der Waals surface area contributed by atoms with E-state index in [1.807, 2.05) is 40.6 Å². The van der Waals surface area contributed by atoms with Crippen molar-refractivity contribution in [3.05, 3.63) is 71.4 Å². The summed E-state index contributed by atoms with van der Waals surface area (Å²) in [4.78, 5) is 19.4. The molecule has 0 radical (unpaired) electrons. The zero-order valence-electron chi connectivity index (χ0n) is 15.6. The Labute approximate surface area is 158 Å². The number of hydrogen-bond acceptors (Lipinski definition) is 2. The van der Waals surface area contributed by atoms with Crippen molar-refractivity contribution < 1.29 is 9.18 Å². The molecule has 1 aromatic carbocycles. The van der Waals surface area contributed by atoms with E-state index in [1.165, 1.54) is 12.5 Å². The fraction of sp³-hybridized carbons (Fsp3) is 0.364. The normalized spacial score (nSPS) is 15.9. The lowest BCUT2D eigenvalue weighted by Crippen LogP contribution is -2.36. The third kappa shape index (κ3) is 3.59. The molecule has 1 saturated heterocycles. The van der Waals surface area contributed by atoms with Gasteiger partial charge >= 0.3 is 0 Å². The van der Waals surface area contributed by atoms with Crippen molar-refractivity contribution in [2.24, 2.45) is 0 Å². The van der Waals surface area contributed by atoms with Crippen molar-refractivity contribution in [2.75, 3.05) is 13.1 Å². The number of likely N-dealkylation sites (tertiary alicyclic amines) is 1. The molecule has 4 rings (SSSR count). The standard InChI is InChI=1S/C22H24FN3O/c1-16-9-12-26-20(15-24-21(26)13-16)18(17-7-3-4-8-19(17)23)14-22(27)25-10-5-2-6-11-25/h3-4,7-9,12-13,15,18H,2,5-6,10-11,14H2,1H3. The Hall–Kier alpha value is -2.69. The molecule has 0 saturated carbocycles. The quantitative estimate of drug-likeness (QED) is 0.691. The summed E-state index contributed by atoms with van der Waals surface area (Å²) in [6.45, 7) is 3.62. The summed E-state index contributed by atoms with van der Waals surface area (Å²) in [5.41, 5.74) is 3.33. The summed E-state index contributed by atoms with van der Waals surface area (Å²) in [5, 5.41) is 0. The number of benzene rings is 1. The van der Waals surface area contributed by atoms with E-state index in [4.69, 9.17) is 0 Å². The van der Waals surface area contributed by atoms with Crippen LogP contribution in [0.3, 0.4) is 0 Å². The van der Waals surface area contributed by atoms with E-state index in [-0.39, 0.29) is 24.1 Å². The minimum absolute atomic E-state index is 0.0880. The van der Waals surface area contributed by atoms with Crippen molar-refractivity contribution in [1.29, 1.82) is 0 Å². The van der Waals surface area contributed by atoms with E-state index in [2.05, 4.69) is 4.98 Å². The number of carbonyl (C=O) groups is 1. The van der Waals surface area contributed by atoms with Crippen molar-refractivity contribution in [2.45, 2.75) is 38.5 Å². The molecule has 1 fully saturated rings. The highest BCUT2D eigenvalue weighted by molar-refractivity contribution is 5.78. The second-order valence-electron chi connectivity index (χ2n) is 7.34. The lowest BCUT2D eigenvalue weighted by Gasteiger charge is -2.28. The number of hydrogen-bond donors (Lipinski definition) is 0. The minimum Gasteiger partial charge on any atom is -0.343 e. The Morgan fingerprint density at radius 2 is 1.96 bits per heavy atom. The molecule has 0 N–H and O–H groups in total. The van der Waals surface area contributed by atoms with Gasteiger partial charge in [-0.1, -0.05) is 18.2 Å². The van der Waals surface area contributed by atoms with Crippen LogP contribution in [-0.4, -0.2) is 33.3 Å². The van der Waals surface area contributed by atoms with Crippen molar-refractivity contribution in [3.63, 3.8) is 0 Å². The number of aromatic nitrogens is 2. The maximum absolute atomic E-state index is 14.6. The molecule has 1 aliphatic rings. The van der Waals surface area contributed by atoms with Gasteiger partial charge in [0.25, 0.3) is 0 Å². The molecule has 27 heavy (non-hydrogen) atoms. The van der Waals surface area contributed by atoms with Gasteiger partial charge in [0.1, 0.15) is 11.5 Å². The maximum atomic E-state index is 14.6. The number of carbonyl (C=O) groups excluding carboxylic acids is 1. The Balaban J connectivity index is 1.73. The number of piperidine rings is 1. The van der Waals surface area contributed by atoms with E-state index in [9.17, 15) is 9.18 Å². The highest BCUT2D eigenvalue weighted by Crippen LogP contribution is 2.31. The SMILES string of the molecule is Cc1ccn2c(C(CC(=O)N3CCCCC3)c3ccccc3F)cnc2c1. The number of amides is 1. The molecule has 2 aromatic heterocycles. The zero-order valence-corrected chi connectivity index (χ0v) is 15.6. The van der Waals surface area contributed by atoms with E-state index < -0.39 is 0 Å². The second kappa shape index (κ2) is 7.51. The van der Waals surface area contributed by atoms with Gasteiger partial charge in [0.05, 0.1) is 5.69 Å². The molecule has 5 heteroatoms. The molecule has 0 spiro atoms. The van der Waals surface area contributed by atoms with Crippen LogP contribution in [-0.2, 0) is 4.79 Å². The molecule has 4 nitrogen and oxygen atoms in total. The number of rotatable bonds is 4. The topological polar surface area (TPSA) is 37.6 Å². The third-order valence-electron chi connectivity index (χ3n) is 5.42. The van der Waals surface area contributed by atoms with Gasteiger partial charge < -0.3 is 9.30 Å². The first kappa shape index (κ1) is 17.7. The third-order valence-corrected chi connectivity index (χ3v) is 5.42. The van der Waals surface area contributed by atoms with Crippen molar-refractivity contribution in [3.8, 4) is 0 Å². The highest BCUT2D eigenvalue weighted by Gasteiger charge is 2.27. The van der Waals surface area contributed by atoms with Gasteiger partial charge in [0.15, 0.2) is 0 Å². The summed E-state index contributed by atoms with van der Waals surface area (Å²) in [5.74, 6) is -0.556. The number of pyridine rings is 1. The van der Waals surface area contributed by atoms with Crippen LogP contribution < -0.4 is 0 Å². The minimum atomic E-state index is -0.363. The van der Waals surface area contributed by atoms with Crippen LogP contribution in [0.25, 0.3) is 5.65 Å². The van der Waals surface area contributed by atoms with Crippen molar-refractivity contribution >= 4 is 11.6 Å². The fourth-order valence-electron chi connectivity index (χ4n) is 3.94. The van der Waals surface area contributed by atoms with Crippen molar-refractivity contribution in [1.82, 2.24) is 14.3 Å². The van der Waals surface area contributed by atoms with E-state index in [0.717, 1.165) is 42.8 Å². The maximum Gasteiger partial charge on any atom is 0.223 e. The molecular weight excluding hydrogens is 341 g/mol. The first-order valence-corrected chi connectivity index (χ1v) is 9.59. The molecule has 1 aliphatic heterocycles. The smallest absolute Gasteiger partial charge is 0.223 e. The monoisotopic (exact) mass is 365 g/mol.